The first-order chi connectivity index (χ1) is 5.86. The summed E-state index contributed by atoms with van der Waals surface area (Å²) < 4.78 is 0. The van der Waals surface area contributed by atoms with E-state index in [1.54, 1.807) is 0 Å². The minimum Gasteiger partial charge on any atom is -0.358 e. The Hall–Kier alpha value is 0.154. The molecular weight excluding hydrogens is 313 g/mol. The van der Waals surface area contributed by atoms with Crippen LogP contribution >= 0.6 is 37.2 Å². The zero-order valence-electron chi connectivity index (χ0n) is 9.84. The second-order valence-corrected chi connectivity index (χ2v) is 3.07. The summed E-state index contributed by atoms with van der Waals surface area (Å²) in [5, 5.41) is 0. The van der Waals surface area contributed by atoms with Crippen molar-refractivity contribution in [1.29, 1.82) is 0 Å². The molecule has 0 fully saturated rings. The van der Waals surface area contributed by atoms with Gasteiger partial charge in [-0.25, -0.2) is 0 Å². The van der Waals surface area contributed by atoms with Crippen LogP contribution in [-0.2, 0) is 18.6 Å². The molecule has 0 saturated heterocycles. The third-order valence-electron chi connectivity index (χ3n) is 2.02. The first-order valence-corrected chi connectivity index (χ1v) is 4.21. The molecule has 2 rings (SSSR count). The summed E-state index contributed by atoms with van der Waals surface area (Å²) in [5.74, 6) is 0. The monoisotopic (exact) mass is 329 g/mol. The van der Waals surface area contributed by atoms with Crippen molar-refractivity contribution in [2.45, 2.75) is 13.3 Å². The van der Waals surface area contributed by atoms with Crippen molar-refractivity contribution in [3.63, 3.8) is 0 Å². The van der Waals surface area contributed by atoms with Gasteiger partial charge in [0.2, 0.25) is 0 Å². The zero-order valence-corrected chi connectivity index (χ0v) is 13.7. The van der Waals surface area contributed by atoms with Crippen LogP contribution < -0.4 is 0 Å². The van der Waals surface area contributed by atoms with Gasteiger partial charge in [0.05, 0.1) is 0 Å². The third kappa shape index (κ3) is 7.23. The normalized spacial score (nSPS) is 10.5. The van der Waals surface area contributed by atoms with Crippen molar-refractivity contribution in [2.75, 3.05) is 0 Å². The summed E-state index contributed by atoms with van der Waals surface area (Å²) in [4.78, 5) is 0. The van der Waals surface area contributed by atoms with Crippen LogP contribution in [0.4, 0.5) is 0 Å². The Balaban J connectivity index is -0.000000169. The number of halogens is 3. The van der Waals surface area contributed by atoms with E-state index < -0.39 is 0 Å². The summed E-state index contributed by atoms with van der Waals surface area (Å²) in [6, 6.07) is 8.53. The largest absolute Gasteiger partial charge is 2.00 e. The molecule has 95 valence electrons. The van der Waals surface area contributed by atoms with Gasteiger partial charge in [0.15, 0.2) is 0 Å². The Bertz CT molecular complexity index is 359. The average Bonchev–Trinajstić information content (AvgIpc) is 2.56. The van der Waals surface area contributed by atoms with Crippen molar-refractivity contribution < 1.29 is 18.6 Å². The number of aryl methyl sites for hydroxylation is 1. The minimum atomic E-state index is 0. The first-order valence-electron chi connectivity index (χ1n) is 4.21. The Morgan fingerprint density at radius 3 is 2.24 bits per heavy atom. The fraction of sp³-hybridized carbons (Fsp3) is 0.154. The maximum absolute atomic E-state index is 3.31. The van der Waals surface area contributed by atoms with Crippen molar-refractivity contribution in [3.8, 4) is 0 Å². The maximum Gasteiger partial charge on any atom is 2.00 e. The molecule has 17 heavy (non-hydrogen) atoms. The Labute approximate surface area is 135 Å². The molecule has 1 radical (unpaired) electrons. The molecule has 1 aliphatic rings. The van der Waals surface area contributed by atoms with Gasteiger partial charge < -0.3 is 7.43 Å². The van der Waals surface area contributed by atoms with Gasteiger partial charge in [-0.2, -0.15) is 17.7 Å². The van der Waals surface area contributed by atoms with Gasteiger partial charge in [0, 0.05) is 0 Å². The van der Waals surface area contributed by atoms with E-state index >= 15 is 0 Å². The van der Waals surface area contributed by atoms with Crippen LogP contribution in [0.3, 0.4) is 0 Å². The number of hydrogen-bond acceptors (Lipinski definition) is 0. The summed E-state index contributed by atoms with van der Waals surface area (Å²) in [6.45, 7) is 2.11. The molecule has 4 heteroatoms. The van der Waals surface area contributed by atoms with Crippen molar-refractivity contribution in [3.05, 3.63) is 61.0 Å². The molecule has 0 saturated carbocycles. The van der Waals surface area contributed by atoms with Crippen LogP contribution in [0, 0.1) is 20.4 Å². The van der Waals surface area contributed by atoms with Gasteiger partial charge in [0.1, 0.15) is 0 Å². The number of rotatable bonds is 1. The van der Waals surface area contributed by atoms with E-state index in [9.17, 15) is 0 Å². The molecule has 0 bridgehead atoms. The van der Waals surface area contributed by atoms with Gasteiger partial charge in [-0.3, -0.25) is 0 Å². The van der Waals surface area contributed by atoms with E-state index in [0.29, 0.717) is 0 Å². The van der Waals surface area contributed by atoms with E-state index in [1.807, 2.05) is 0 Å². The molecule has 0 spiro atoms. The molecule has 0 amide bonds. The minimum absolute atomic E-state index is 0. The summed E-state index contributed by atoms with van der Waals surface area (Å²) >= 11 is 0. The standard InChI is InChI=1S/C12H11.CH3.3ClH.V/c1-10-5-4-8-12(9-10)11-6-2-3-7-11;;;;;/h2,4-6,8-9H,3H2,1H3;1H3;3*1H;/q2*-1;;;;+2. The molecule has 0 heterocycles. The van der Waals surface area contributed by atoms with Crippen molar-refractivity contribution >= 4 is 42.8 Å². The Kier molecular flexibility index (Phi) is 19.2. The Morgan fingerprint density at radius 2 is 1.76 bits per heavy atom. The van der Waals surface area contributed by atoms with Crippen LogP contribution in [0.2, 0.25) is 0 Å². The molecule has 0 aliphatic heterocycles. The quantitative estimate of drug-likeness (QED) is 0.645. The van der Waals surface area contributed by atoms with Crippen LogP contribution in [0.5, 0.6) is 0 Å². The first kappa shape index (κ1) is 25.9. The molecule has 1 aromatic rings. The molecule has 0 aromatic heterocycles. The number of hydrogen-bond donors (Lipinski definition) is 0. The molecule has 0 N–H and O–H groups in total. The molecule has 0 atom stereocenters. The predicted octanol–water partition coefficient (Wildman–Crippen LogP) is 4.85. The number of allylic oxidation sites excluding steroid dienone is 4. The molecule has 1 aliphatic carbocycles. The Morgan fingerprint density at radius 1 is 1.12 bits per heavy atom. The fourth-order valence-corrected chi connectivity index (χ4v) is 1.42. The number of benzene rings is 1. The summed E-state index contributed by atoms with van der Waals surface area (Å²) in [5.41, 5.74) is 3.82. The average molecular weight is 331 g/mol. The third-order valence-corrected chi connectivity index (χ3v) is 2.02. The summed E-state index contributed by atoms with van der Waals surface area (Å²) in [6.07, 6.45) is 8.54. The predicted molar refractivity (Wildman–Crippen MR) is 79.7 cm³/mol. The van der Waals surface area contributed by atoms with Crippen LogP contribution in [0.15, 0.2) is 36.4 Å². The molecule has 1 aromatic carbocycles. The second-order valence-electron chi connectivity index (χ2n) is 3.07. The van der Waals surface area contributed by atoms with E-state index in [2.05, 4.69) is 49.4 Å². The van der Waals surface area contributed by atoms with Gasteiger partial charge in [-0.15, -0.1) is 61.0 Å². The second kappa shape index (κ2) is 12.6. The molecular formula is C13H17Cl3V. The SMILES string of the molecule is Cc1cccc(C2=[C-]CC=C2)c1.Cl.Cl.Cl.[CH3-].[V+2]. The van der Waals surface area contributed by atoms with Gasteiger partial charge in [-0.1, -0.05) is 24.1 Å². The van der Waals surface area contributed by atoms with E-state index in [1.165, 1.54) is 16.7 Å². The van der Waals surface area contributed by atoms with E-state index in [-0.39, 0.29) is 63.2 Å². The van der Waals surface area contributed by atoms with Gasteiger partial charge >= 0.3 is 18.6 Å². The topological polar surface area (TPSA) is 0 Å². The van der Waals surface area contributed by atoms with E-state index in [4.69, 9.17) is 0 Å². The fourth-order valence-electron chi connectivity index (χ4n) is 1.42. The smallest absolute Gasteiger partial charge is 0.358 e. The van der Waals surface area contributed by atoms with Crippen LogP contribution in [0.25, 0.3) is 5.57 Å². The molecule has 0 unspecified atom stereocenters. The summed E-state index contributed by atoms with van der Waals surface area (Å²) in [7, 11) is 0. The van der Waals surface area contributed by atoms with Crippen molar-refractivity contribution in [1.82, 2.24) is 0 Å². The van der Waals surface area contributed by atoms with Crippen LogP contribution in [0.1, 0.15) is 17.5 Å². The van der Waals surface area contributed by atoms with Crippen LogP contribution in [-0.4, -0.2) is 0 Å². The van der Waals surface area contributed by atoms with Gasteiger partial charge in [0.25, 0.3) is 0 Å². The van der Waals surface area contributed by atoms with Crippen molar-refractivity contribution in [2.24, 2.45) is 0 Å². The maximum atomic E-state index is 3.31. The zero-order chi connectivity index (χ0) is 8.39. The van der Waals surface area contributed by atoms with E-state index in [0.717, 1.165) is 6.42 Å². The van der Waals surface area contributed by atoms with Gasteiger partial charge in [-0.05, 0) is 6.92 Å². The molecule has 0 nitrogen and oxygen atoms in total.